The summed E-state index contributed by atoms with van der Waals surface area (Å²) in [7, 11) is 0. The lowest BCUT2D eigenvalue weighted by Crippen LogP contribution is -2.09. The van der Waals surface area contributed by atoms with Gasteiger partial charge in [-0.25, -0.2) is 13.8 Å². The second-order valence-electron chi connectivity index (χ2n) is 3.10. The van der Waals surface area contributed by atoms with E-state index in [4.69, 9.17) is 16.3 Å². The van der Waals surface area contributed by atoms with Gasteiger partial charge in [-0.1, -0.05) is 11.6 Å². The summed E-state index contributed by atoms with van der Waals surface area (Å²) in [6.07, 6.45) is -2.86. The van der Waals surface area contributed by atoms with Crippen LogP contribution in [-0.4, -0.2) is 17.6 Å². The Hall–Kier alpha value is -0.750. The number of aromatic nitrogens is 1. The van der Waals surface area contributed by atoms with E-state index in [-0.39, 0.29) is 33.9 Å². The van der Waals surface area contributed by atoms with Crippen molar-refractivity contribution in [3.8, 4) is 0 Å². The van der Waals surface area contributed by atoms with E-state index in [9.17, 15) is 13.6 Å². The van der Waals surface area contributed by atoms with Gasteiger partial charge in [0, 0.05) is 5.56 Å². The van der Waals surface area contributed by atoms with Crippen LogP contribution < -0.4 is 0 Å². The second-order valence-corrected chi connectivity index (χ2v) is 4.21. The number of hydrogen-bond donors (Lipinski definition) is 0. The predicted octanol–water partition coefficient (Wildman–Crippen LogP) is 3.54. The minimum atomic E-state index is -2.69. The van der Waals surface area contributed by atoms with Crippen LogP contribution in [0.2, 0.25) is 5.15 Å². The monoisotopic (exact) mass is 327 g/mol. The van der Waals surface area contributed by atoms with Crippen molar-refractivity contribution in [2.45, 2.75) is 19.8 Å². The molecule has 17 heavy (non-hydrogen) atoms. The maximum absolute atomic E-state index is 12.6. The Morgan fingerprint density at radius 1 is 1.65 bits per heavy atom. The number of halogens is 4. The summed E-state index contributed by atoms with van der Waals surface area (Å²) in [5, 5.41) is 0.00864. The number of esters is 1. The highest BCUT2D eigenvalue weighted by Gasteiger charge is 2.18. The highest BCUT2D eigenvalue weighted by atomic mass is 79.9. The van der Waals surface area contributed by atoms with Crippen LogP contribution in [0.25, 0.3) is 0 Å². The smallest absolute Gasteiger partial charge is 0.310 e. The van der Waals surface area contributed by atoms with Crippen molar-refractivity contribution in [3.63, 3.8) is 0 Å². The Labute approximate surface area is 110 Å². The van der Waals surface area contributed by atoms with Gasteiger partial charge in [0.2, 0.25) is 0 Å². The largest absolute Gasteiger partial charge is 0.466 e. The third-order valence-corrected chi connectivity index (χ3v) is 2.87. The van der Waals surface area contributed by atoms with Gasteiger partial charge in [-0.15, -0.1) is 0 Å². The molecule has 3 nitrogen and oxygen atoms in total. The van der Waals surface area contributed by atoms with Crippen LogP contribution in [0.5, 0.6) is 0 Å². The number of rotatable bonds is 4. The molecule has 0 saturated heterocycles. The van der Waals surface area contributed by atoms with Gasteiger partial charge in [-0.3, -0.25) is 4.79 Å². The topological polar surface area (TPSA) is 39.2 Å². The molecule has 0 aliphatic heterocycles. The summed E-state index contributed by atoms with van der Waals surface area (Å²) in [6, 6.07) is 1.15. The molecule has 0 amide bonds. The van der Waals surface area contributed by atoms with E-state index in [1.807, 2.05) is 0 Å². The SMILES string of the molecule is CCOC(=O)Cc1cc(C(F)F)c(Br)nc1Cl. The zero-order valence-electron chi connectivity index (χ0n) is 8.84. The molecule has 0 aliphatic rings. The zero-order valence-corrected chi connectivity index (χ0v) is 11.2. The maximum atomic E-state index is 12.6. The van der Waals surface area contributed by atoms with E-state index in [1.54, 1.807) is 6.92 Å². The first-order valence-electron chi connectivity index (χ1n) is 4.74. The molecule has 1 rings (SSSR count). The van der Waals surface area contributed by atoms with Crippen molar-refractivity contribution >= 4 is 33.5 Å². The Balaban J connectivity index is 2.99. The number of pyridine rings is 1. The number of carbonyl (C=O) groups excluding carboxylic acids is 1. The molecule has 0 unspecified atom stereocenters. The fraction of sp³-hybridized carbons (Fsp3) is 0.400. The molecule has 0 aliphatic carbocycles. The van der Waals surface area contributed by atoms with Crippen molar-refractivity contribution < 1.29 is 18.3 Å². The summed E-state index contributed by atoms with van der Waals surface area (Å²) in [5.74, 6) is -0.529. The number of carbonyl (C=O) groups is 1. The van der Waals surface area contributed by atoms with Gasteiger partial charge in [0.1, 0.15) is 9.76 Å². The molecule has 1 aromatic rings. The molecule has 1 heterocycles. The van der Waals surface area contributed by atoms with Crippen LogP contribution in [0, 0.1) is 0 Å². The van der Waals surface area contributed by atoms with E-state index in [0.717, 1.165) is 6.07 Å². The Kier molecular flexibility index (Phi) is 5.27. The molecule has 94 valence electrons. The first-order valence-corrected chi connectivity index (χ1v) is 5.91. The minimum absolute atomic E-state index is 0.00864. The summed E-state index contributed by atoms with van der Waals surface area (Å²) in [4.78, 5) is 14.9. The lowest BCUT2D eigenvalue weighted by Gasteiger charge is -2.08. The lowest BCUT2D eigenvalue weighted by molar-refractivity contribution is -0.142. The van der Waals surface area contributed by atoms with E-state index < -0.39 is 12.4 Å². The number of hydrogen-bond acceptors (Lipinski definition) is 3. The molecule has 1 aromatic heterocycles. The van der Waals surface area contributed by atoms with Crippen LogP contribution in [0.3, 0.4) is 0 Å². The van der Waals surface area contributed by atoms with Gasteiger partial charge in [-0.2, -0.15) is 0 Å². The predicted molar refractivity (Wildman–Crippen MR) is 62.2 cm³/mol. The first kappa shape index (κ1) is 14.3. The maximum Gasteiger partial charge on any atom is 0.310 e. The van der Waals surface area contributed by atoms with Gasteiger partial charge in [0.15, 0.2) is 0 Å². The summed E-state index contributed by atoms with van der Waals surface area (Å²) in [5.41, 5.74) is -0.0719. The quantitative estimate of drug-likeness (QED) is 0.627. The van der Waals surface area contributed by atoms with Gasteiger partial charge in [0.05, 0.1) is 18.6 Å². The fourth-order valence-electron chi connectivity index (χ4n) is 1.17. The van der Waals surface area contributed by atoms with Crippen molar-refractivity contribution in [1.82, 2.24) is 4.98 Å². The van der Waals surface area contributed by atoms with E-state index in [0.29, 0.717) is 0 Å². The molecule has 7 heteroatoms. The standard InChI is InChI=1S/C10H9BrClF2NO2/c1-2-17-7(16)4-5-3-6(10(13)14)8(11)15-9(5)12/h3,10H,2,4H2,1H3. The lowest BCUT2D eigenvalue weighted by atomic mass is 10.1. The summed E-state index contributed by atoms with van der Waals surface area (Å²) >= 11 is 8.64. The van der Waals surface area contributed by atoms with E-state index >= 15 is 0 Å². The highest BCUT2D eigenvalue weighted by molar-refractivity contribution is 9.10. The number of nitrogens with zero attached hydrogens (tertiary/aromatic N) is 1. The van der Waals surface area contributed by atoms with Crippen molar-refractivity contribution in [2.75, 3.05) is 6.61 Å². The van der Waals surface area contributed by atoms with E-state index in [1.165, 1.54) is 0 Å². The van der Waals surface area contributed by atoms with Crippen LogP contribution in [0.4, 0.5) is 8.78 Å². The fourth-order valence-corrected chi connectivity index (χ4v) is 1.95. The van der Waals surface area contributed by atoms with Crippen LogP contribution in [0.1, 0.15) is 24.5 Å². The highest BCUT2D eigenvalue weighted by Crippen LogP contribution is 2.29. The van der Waals surface area contributed by atoms with Crippen LogP contribution in [-0.2, 0) is 16.0 Å². The van der Waals surface area contributed by atoms with Crippen LogP contribution >= 0.6 is 27.5 Å². The third-order valence-electron chi connectivity index (χ3n) is 1.90. The van der Waals surface area contributed by atoms with Crippen molar-refractivity contribution in [3.05, 3.63) is 26.9 Å². The number of alkyl halides is 2. The van der Waals surface area contributed by atoms with Crippen molar-refractivity contribution in [2.24, 2.45) is 0 Å². The Morgan fingerprint density at radius 3 is 2.82 bits per heavy atom. The average molecular weight is 329 g/mol. The number of ether oxygens (including phenoxy) is 1. The molecule has 0 aromatic carbocycles. The van der Waals surface area contributed by atoms with Gasteiger partial charge in [-0.05, 0) is 28.9 Å². The molecule has 0 radical (unpaired) electrons. The average Bonchev–Trinajstić information content (AvgIpc) is 2.21. The Bertz CT molecular complexity index is 429. The Morgan fingerprint density at radius 2 is 2.29 bits per heavy atom. The van der Waals surface area contributed by atoms with E-state index in [2.05, 4.69) is 20.9 Å². The molecule has 0 atom stereocenters. The van der Waals surface area contributed by atoms with Gasteiger partial charge >= 0.3 is 5.97 Å². The van der Waals surface area contributed by atoms with Crippen molar-refractivity contribution in [1.29, 1.82) is 0 Å². The minimum Gasteiger partial charge on any atom is -0.466 e. The molecule has 0 spiro atoms. The zero-order chi connectivity index (χ0) is 13.0. The molecule has 0 N–H and O–H groups in total. The normalized spacial score (nSPS) is 10.7. The van der Waals surface area contributed by atoms with Gasteiger partial charge in [0.25, 0.3) is 6.43 Å². The first-order chi connectivity index (χ1) is 7.95. The molecular weight excluding hydrogens is 319 g/mol. The molecular formula is C10H9BrClF2NO2. The van der Waals surface area contributed by atoms with Crippen LogP contribution in [0.15, 0.2) is 10.7 Å². The third kappa shape index (κ3) is 3.89. The molecule has 0 saturated carbocycles. The van der Waals surface area contributed by atoms with Gasteiger partial charge < -0.3 is 4.74 Å². The second kappa shape index (κ2) is 6.26. The molecule has 0 bridgehead atoms. The summed E-state index contributed by atoms with van der Waals surface area (Å²) < 4.78 is 29.9. The molecule has 0 fully saturated rings. The summed E-state index contributed by atoms with van der Waals surface area (Å²) in [6.45, 7) is 1.88.